The van der Waals surface area contributed by atoms with Crippen molar-refractivity contribution >= 4 is 21.6 Å². The molecule has 0 spiro atoms. The molecule has 0 aromatic heterocycles. The van der Waals surface area contributed by atoms with Crippen molar-refractivity contribution in [2.24, 2.45) is 0 Å². The minimum absolute atomic E-state index is 0.102. The number of para-hydroxylation sites is 1. The van der Waals surface area contributed by atoms with E-state index < -0.39 is 10.0 Å². The minimum atomic E-state index is -3.29. The summed E-state index contributed by atoms with van der Waals surface area (Å²) < 4.78 is 24.8. The Morgan fingerprint density at radius 3 is 2.40 bits per heavy atom. The first-order chi connectivity index (χ1) is 9.34. The van der Waals surface area contributed by atoms with Crippen molar-refractivity contribution in [3.05, 3.63) is 30.3 Å². The molecule has 0 bridgehead atoms. The molecule has 1 rings (SSSR count). The van der Waals surface area contributed by atoms with Gasteiger partial charge in [0.25, 0.3) is 0 Å². The quantitative estimate of drug-likeness (QED) is 0.838. The van der Waals surface area contributed by atoms with E-state index in [1.807, 2.05) is 32.0 Å². The highest BCUT2D eigenvalue weighted by Crippen LogP contribution is 2.11. The molecular weight excluding hydrogens is 276 g/mol. The Labute approximate surface area is 121 Å². The van der Waals surface area contributed by atoms with Crippen LogP contribution in [0, 0.1) is 0 Å². The van der Waals surface area contributed by atoms with E-state index in [1.165, 1.54) is 10.6 Å². The molecule has 20 heavy (non-hydrogen) atoms. The fraction of sp³-hybridized carbons (Fsp3) is 0.500. The summed E-state index contributed by atoms with van der Waals surface area (Å²) in [4.78, 5) is 11.8. The molecule has 0 saturated carbocycles. The first kappa shape index (κ1) is 16.7. The number of nitrogens with one attached hydrogen (secondary N) is 1. The van der Waals surface area contributed by atoms with Crippen LogP contribution < -0.4 is 5.32 Å². The van der Waals surface area contributed by atoms with Gasteiger partial charge in [-0.3, -0.25) is 4.79 Å². The predicted octanol–water partition coefficient (Wildman–Crippen LogP) is 2.08. The average molecular weight is 298 g/mol. The highest BCUT2D eigenvalue weighted by atomic mass is 32.2. The van der Waals surface area contributed by atoms with Crippen molar-refractivity contribution in [3.63, 3.8) is 0 Å². The van der Waals surface area contributed by atoms with Crippen LogP contribution in [0.15, 0.2) is 30.3 Å². The van der Waals surface area contributed by atoms with E-state index >= 15 is 0 Å². The first-order valence-electron chi connectivity index (χ1n) is 6.66. The van der Waals surface area contributed by atoms with Gasteiger partial charge in [-0.05, 0) is 25.5 Å². The standard InChI is InChI=1S/C14H22N2O3S/c1-4-12(2)16(20(3,18)19)11-10-14(17)15-13-8-6-5-7-9-13/h5-9,12H,4,10-11H2,1-3H3,(H,15,17). The van der Waals surface area contributed by atoms with Crippen LogP contribution in [0.25, 0.3) is 0 Å². The van der Waals surface area contributed by atoms with Gasteiger partial charge >= 0.3 is 0 Å². The summed E-state index contributed by atoms with van der Waals surface area (Å²) in [6, 6.07) is 9.01. The normalized spacial score (nSPS) is 13.2. The highest BCUT2D eigenvalue weighted by molar-refractivity contribution is 7.88. The molecule has 112 valence electrons. The fourth-order valence-electron chi connectivity index (χ4n) is 1.87. The molecule has 1 atom stereocenters. The summed E-state index contributed by atoms with van der Waals surface area (Å²) in [5.74, 6) is -0.187. The molecule has 1 unspecified atom stereocenters. The van der Waals surface area contributed by atoms with E-state index in [0.29, 0.717) is 12.1 Å². The molecule has 0 heterocycles. The van der Waals surface area contributed by atoms with E-state index in [4.69, 9.17) is 0 Å². The second kappa shape index (κ2) is 7.40. The van der Waals surface area contributed by atoms with Crippen LogP contribution in [-0.4, -0.2) is 37.5 Å². The molecule has 1 N–H and O–H groups in total. The Morgan fingerprint density at radius 1 is 1.30 bits per heavy atom. The fourth-order valence-corrected chi connectivity index (χ4v) is 3.10. The molecule has 0 aliphatic rings. The number of sulfonamides is 1. The zero-order valence-corrected chi connectivity index (χ0v) is 13.0. The number of nitrogens with zero attached hydrogens (tertiary/aromatic N) is 1. The van der Waals surface area contributed by atoms with Crippen molar-refractivity contribution < 1.29 is 13.2 Å². The number of rotatable bonds is 7. The number of benzene rings is 1. The lowest BCUT2D eigenvalue weighted by atomic mass is 10.2. The van der Waals surface area contributed by atoms with Crippen LogP contribution in [0.4, 0.5) is 5.69 Å². The van der Waals surface area contributed by atoms with Crippen molar-refractivity contribution in [2.45, 2.75) is 32.7 Å². The lowest BCUT2D eigenvalue weighted by molar-refractivity contribution is -0.116. The summed E-state index contributed by atoms with van der Waals surface area (Å²) in [5, 5.41) is 2.75. The molecule has 0 radical (unpaired) electrons. The van der Waals surface area contributed by atoms with Gasteiger partial charge in [0.1, 0.15) is 0 Å². The number of anilines is 1. The number of amides is 1. The molecule has 5 nitrogen and oxygen atoms in total. The van der Waals surface area contributed by atoms with Crippen LogP contribution in [0.5, 0.6) is 0 Å². The Hall–Kier alpha value is -1.40. The van der Waals surface area contributed by atoms with Crippen molar-refractivity contribution in [2.75, 3.05) is 18.1 Å². The maximum atomic E-state index is 11.8. The van der Waals surface area contributed by atoms with Crippen molar-refractivity contribution in [1.29, 1.82) is 0 Å². The lowest BCUT2D eigenvalue weighted by Gasteiger charge is -2.25. The van der Waals surface area contributed by atoms with Crippen molar-refractivity contribution in [1.82, 2.24) is 4.31 Å². The van der Waals surface area contributed by atoms with Gasteiger partial charge in [0.05, 0.1) is 6.26 Å². The van der Waals surface area contributed by atoms with Gasteiger partial charge in [0, 0.05) is 24.7 Å². The second-order valence-corrected chi connectivity index (χ2v) is 6.73. The van der Waals surface area contributed by atoms with Crippen molar-refractivity contribution in [3.8, 4) is 0 Å². The smallest absolute Gasteiger partial charge is 0.225 e. The summed E-state index contributed by atoms with van der Waals surface area (Å²) in [6.07, 6.45) is 2.04. The Bertz CT molecular complexity index is 529. The van der Waals surface area contributed by atoms with E-state index in [1.54, 1.807) is 12.1 Å². The average Bonchev–Trinajstić information content (AvgIpc) is 2.38. The lowest BCUT2D eigenvalue weighted by Crippen LogP contribution is -2.39. The van der Waals surface area contributed by atoms with E-state index in [2.05, 4.69) is 5.32 Å². The molecule has 1 aromatic carbocycles. The SMILES string of the molecule is CCC(C)N(CCC(=O)Nc1ccccc1)S(C)(=O)=O. The van der Waals surface area contributed by atoms with Gasteiger partial charge in [-0.2, -0.15) is 4.31 Å². The topological polar surface area (TPSA) is 66.5 Å². The highest BCUT2D eigenvalue weighted by Gasteiger charge is 2.22. The van der Waals surface area contributed by atoms with Crippen LogP contribution in [-0.2, 0) is 14.8 Å². The molecule has 0 aliphatic carbocycles. The summed E-state index contributed by atoms with van der Waals surface area (Å²) >= 11 is 0. The van der Waals surface area contributed by atoms with E-state index in [9.17, 15) is 13.2 Å². The number of hydrogen-bond donors (Lipinski definition) is 1. The molecule has 0 aliphatic heterocycles. The predicted molar refractivity (Wildman–Crippen MR) is 81.0 cm³/mol. The van der Waals surface area contributed by atoms with Gasteiger partial charge in [-0.1, -0.05) is 25.1 Å². The van der Waals surface area contributed by atoms with E-state index in [-0.39, 0.29) is 24.9 Å². The zero-order valence-electron chi connectivity index (χ0n) is 12.2. The van der Waals surface area contributed by atoms with Gasteiger partial charge in [-0.25, -0.2) is 8.42 Å². The maximum Gasteiger partial charge on any atom is 0.225 e. The molecule has 0 fully saturated rings. The minimum Gasteiger partial charge on any atom is -0.326 e. The third kappa shape index (κ3) is 5.30. The number of carbonyl (C=O) groups excluding carboxylic acids is 1. The Balaban J connectivity index is 2.58. The van der Waals surface area contributed by atoms with Crippen LogP contribution in [0.3, 0.4) is 0 Å². The molecule has 0 saturated heterocycles. The number of carbonyl (C=O) groups is 1. The summed E-state index contributed by atoms with van der Waals surface area (Å²) in [7, 11) is -3.29. The van der Waals surface area contributed by atoms with Gasteiger partial charge < -0.3 is 5.32 Å². The number of hydrogen-bond acceptors (Lipinski definition) is 3. The monoisotopic (exact) mass is 298 g/mol. The third-order valence-corrected chi connectivity index (χ3v) is 4.52. The molecular formula is C14H22N2O3S. The van der Waals surface area contributed by atoms with Gasteiger partial charge in [0.2, 0.25) is 15.9 Å². The van der Waals surface area contributed by atoms with Crippen LogP contribution in [0.1, 0.15) is 26.7 Å². The summed E-state index contributed by atoms with van der Waals surface area (Å²) in [6.45, 7) is 3.97. The second-order valence-electron chi connectivity index (χ2n) is 4.80. The molecule has 6 heteroatoms. The Morgan fingerprint density at radius 2 is 1.90 bits per heavy atom. The van der Waals surface area contributed by atoms with E-state index in [0.717, 1.165) is 0 Å². The van der Waals surface area contributed by atoms with Crippen LogP contribution >= 0.6 is 0 Å². The van der Waals surface area contributed by atoms with Gasteiger partial charge in [0.15, 0.2) is 0 Å². The largest absolute Gasteiger partial charge is 0.326 e. The van der Waals surface area contributed by atoms with Crippen LogP contribution in [0.2, 0.25) is 0 Å². The first-order valence-corrected chi connectivity index (χ1v) is 8.51. The van der Waals surface area contributed by atoms with Gasteiger partial charge in [-0.15, -0.1) is 0 Å². The zero-order chi connectivity index (χ0) is 15.2. The summed E-state index contributed by atoms with van der Waals surface area (Å²) in [5.41, 5.74) is 0.715. The molecule has 1 amide bonds. The Kier molecular flexibility index (Phi) is 6.16. The molecule has 1 aromatic rings. The maximum absolute atomic E-state index is 11.8. The third-order valence-electron chi connectivity index (χ3n) is 3.13.